The molecule has 2 aromatic carbocycles. The van der Waals surface area contributed by atoms with Crippen molar-refractivity contribution in [3.8, 4) is 28.1 Å². The molecule has 2 N–H and O–H groups in total. The maximum Gasteiger partial charge on any atom is 0.143 e. The van der Waals surface area contributed by atoms with Crippen molar-refractivity contribution in [3.05, 3.63) is 66.0 Å². The third-order valence-electron chi connectivity index (χ3n) is 7.00. The van der Waals surface area contributed by atoms with E-state index in [1.807, 2.05) is 6.20 Å². The third kappa shape index (κ3) is 3.83. The van der Waals surface area contributed by atoms with Crippen LogP contribution in [0.4, 0.5) is 14.5 Å². The fourth-order valence-electron chi connectivity index (χ4n) is 5.26. The molecule has 6 nitrogen and oxygen atoms in total. The molecule has 8 heteroatoms. The summed E-state index contributed by atoms with van der Waals surface area (Å²) in [4.78, 5) is 12.3. The summed E-state index contributed by atoms with van der Waals surface area (Å²) in [6, 6.07) is 11.1. The normalized spacial score (nSPS) is 17.8. The summed E-state index contributed by atoms with van der Waals surface area (Å²) < 4.78 is 35.9. The molecule has 4 heterocycles. The minimum absolute atomic E-state index is 0.117. The average molecular weight is 476 g/mol. The Morgan fingerprint density at radius 2 is 1.97 bits per heavy atom. The number of anilines is 1. The molecule has 0 bridgehead atoms. The summed E-state index contributed by atoms with van der Waals surface area (Å²) in [6.07, 6.45) is 3.53. The van der Waals surface area contributed by atoms with E-state index >= 15 is 0 Å². The van der Waals surface area contributed by atoms with Gasteiger partial charge in [-0.25, -0.2) is 8.78 Å². The zero-order valence-corrected chi connectivity index (χ0v) is 19.7. The number of halogens is 2. The topological polar surface area (TPSA) is 56.4 Å². The first-order chi connectivity index (χ1) is 17.0. The number of fused-ring (bicyclic) bond motifs is 4. The Morgan fingerprint density at radius 1 is 1.14 bits per heavy atom. The van der Waals surface area contributed by atoms with Crippen LogP contribution in [0.1, 0.15) is 5.56 Å². The molecule has 4 aromatic rings. The van der Waals surface area contributed by atoms with Crippen molar-refractivity contribution in [2.24, 2.45) is 0 Å². The van der Waals surface area contributed by atoms with Crippen LogP contribution in [-0.2, 0) is 6.54 Å². The Hall–Kier alpha value is -3.49. The van der Waals surface area contributed by atoms with Crippen LogP contribution in [0.3, 0.4) is 0 Å². The van der Waals surface area contributed by atoms with Crippen molar-refractivity contribution in [2.75, 3.05) is 45.2 Å². The van der Waals surface area contributed by atoms with Gasteiger partial charge in [-0.15, -0.1) is 0 Å². The predicted molar refractivity (Wildman–Crippen MR) is 134 cm³/mol. The molecule has 1 saturated heterocycles. The van der Waals surface area contributed by atoms with Crippen LogP contribution in [0.25, 0.3) is 33.3 Å². The molecule has 0 spiro atoms. The van der Waals surface area contributed by atoms with E-state index in [0.717, 1.165) is 53.1 Å². The number of pyridine rings is 1. The van der Waals surface area contributed by atoms with E-state index < -0.39 is 11.6 Å². The van der Waals surface area contributed by atoms with Gasteiger partial charge in [0.2, 0.25) is 0 Å². The van der Waals surface area contributed by atoms with Crippen LogP contribution in [0.5, 0.6) is 5.75 Å². The van der Waals surface area contributed by atoms with Gasteiger partial charge in [-0.2, -0.15) is 0 Å². The van der Waals surface area contributed by atoms with Gasteiger partial charge in [0.15, 0.2) is 0 Å². The van der Waals surface area contributed by atoms with Crippen LogP contribution in [0, 0.1) is 11.6 Å². The Balaban J connectivity index is 1.38. The molecule has 1 unspecified atom stereocenters. The number of aromatic nitrogens is 2. The Labute approximate surface area is 202 Å². The molecule has 1 fully saturated rings. The number of benzene rings is 2. The first kappa shape index (κ1) is 22.0. The average Bonchev–Trinajstić information content (AvgIpc) is 3.26. The lowest BCUT2D eigenvalue weighted by atomic mass is 10.0. The molecule has 180 valence electrons. The third-order valence-corrected chi connectivity index (χ3v) is 7.00. The highest BCUT2D eigenvalue weighted by Gasteiger charge is 2.32. The van der Waals surface area contributed by atoms with E-state index in [1.54, 1.807) is 19.3 Å². The van der Waals surface area contributed by atoms with E-state index in [0.29, 0.717) is 24.8 Å². The van der Waals surface area contributed by atoms with Crippen LogP contribution in [0.15, 0.2) is 48.8 Å². The maximum absolute atomic E-state index is 14.9. The van der Waals surface area contributed by atoms with Crippen molar-refractivity contribution in [1.82, 2.24) is 20.2 Å². The molecule has 0 saturated carbocycles. The number of nitrogens with zero attached hydrogens (tertiary/aromatic N) is 3. The second-order valence-corrected chi connectivity index (χ2v) is 9.39. The van der Waals surface area contributed by atoms with Crippen LogP contribution in [-0.4, -0.2) is 61.2 Å². The van der Waals surface area contributed by atoms with Crippen LogP contribution < -0.4 is 15.0 Å². The van der Waals surface area contributed by atoms with E-state index in [4.69, 9.17) is 4.74 Å². The van der Waals surface area contributed by atoms with E-state index in [1.165, 1.54) is 12.1 Å². The van der Waals surface area contributed by atoms with Crippen molar-refractivity contribution >= 4 is 16.6 Å². The van der Waals surface area contributed by atoms with E-state index in [9.17, 15) is 8.78 Å². The van der Waals surface area contributed by atoms with Crippen molar-refractivity contribution in [3.63, 3.8) is 0 Å². The molecule has 0 amide bonds. The number of ether oxygens (including phenoxy) is 1. The van der Waals surface area contributed by atoms with E-state index in [-0.39, 0.29) is 11.3 Å². The van der Waals surface area contributed by atoms with Gasteiger partial charge >= 0.3 is 0 Å². The summed E-state index contributed by atoms with van der Waals surface area (Å²) in [5.74, 6) is -0.379. The zero-order valence-electron chi connectivity index (χ0n) is 19.7. The minimum atomic E-state index is -0.622. The highest BCUT2D eigenvalue weighted by Crippen LogP contribution is 2.40. The Kier molecular flexibility index (Phi) is 5.42. The molecule has 2 aliphatic rings. The molecular weight excluding hydrogens is 448 g/mol. The molecule has 6 rings (SSSR count). The minimum Gasteiger partial charge on any atom is -0.489 e. The number of piperazine rings is 1. The summed E-state index contributed by atoms with van der Waals surface area (Å²) in [6.45, 7) is 4.04. The van der Waals surface area contributed by atoms with Gasteiger partial charge in [0.1, 0.15) is 24.0 Å². The number of hydrogen-bond donors (Lipinski definition) is 2. The highest BCUT2D eigenvalue weighted by atomic mass is 19.1. The Bertz CT molecular complexity index is 1400. The fraction of sp³-hybridized carbons (Fsp3) is 0.296. The van der Waals surface area contributed by atoms with Crippen LogP contribution >= 0.6 is 0 Å². The quantitative estimate of drug-likeness (QED) is 0.458. The van der Waals surface area contributed by atoms with Gasteiger partial charge in [-0.1, -0.05) is 6.07 Å². The molecule has 1 atom stereocenters. The second-order valence-electron chi connectivity index (χ2n) is 9.39. The lowest BCUT2D eigenvalue weighted by Gasteiger charge is -2.44. The zero-order chi connectivity index (χ0) is 24.1. The standard InChI is InChI=1S/C27H27F2N5O/c1-30-11-16-7-21(28)27(22(29)8-16)23-10-19-20(12-31-24(19)13-32-23)17-3-4-25-26(9-17)35-15-18-14-33(2)5-6-34(18)25/h3-4,7-10,12-13,18,30-31H,5-6,11,14-15H2,1-2H3. The first-order valence-electron chi connectivity index (χ1n) is 11.8. The number of hydrogen-bond acceptors (Lipinski definition) is 5. The number of nitrogens with one attached hydrogen (secondary N) is 2. The van der Waals surface area contributed by atoms with Crippen molar-refractivity contribution in [1.29, 1.82) is 0 Å². The molecule has 0 aliphatic carbocycles. The van der Waals surface area contributed by atoms with Gasteiger partial charge in [-0.3, -0.25) is 4.98 Å². The summed E-state index contributed by atoms with van der Waals surface area (Å²) in [5.41, 5.74) is 4.52. The number of aromatic amines is 1. The molecule has 2 aliphatic heterocycles. The Morgan fingerprint density at radius 3 is 2.77 bits per heavy atom. The first-order valence-corrected chi connectivity index (χ1v) is 11.8. The van der Waals surface area contributed by atoms with Gasteiger partial charge in [0, 0.05) is 43.3 Å². The maximum atomic E-state index is 14.9. The lowest BCUT2D eigenvalue weighted by Crippen LogP contribution is -2.56. The summed E-state index contributed by atoms with van der Waals surface area (Å²) in [7, 11) is 3.88. The summed E-state index contributed by atoms with van der Waals surface area (Å²) >= 11 is 0. The number of rotatable bonds is 4. The van der Waals surface area contributed by atoms with Crippen molar-refractivity contribution in [2.45, 2.75) is 12.6 Å². The predicted octanol–water partition coefficient (Wildman–Crippen LogP) is 4.41. The molecule has 2 aromatic heterocycles. The largest absolute Gasteiger partial charge is 0.489 e. The van der Waals surface area contributed by atoms with Crippen LogP contribution in [0.2, 0.25) is 0 Å². The second kappa shape index (κ2) is 8.62. The molecular formula is C27H27F2N5O. The molecule has 0 radical (unpaired) electrons. The van der Waals surface area contributed by atoms with Gasteiger partial charge in [0.25, 0.3) is 0 Å². The smallest absolute Gasteiger partial charge is 0.143 e. The lowest BCUT2D eigenvalue weighted by molar-refractivity contribution is 0.188. The van der Waals surface area contributed by atoms with Crippen molar-refractivity contribution < 1.29 is 13.5 Å². The number of H-pyrrole nitrogens is 1. The van der Waals surface area contributed by atoms with Gasteiger partial charge in [0.05, 0.1) is 34.7 Å². The monoisotopic (exact) mass is 475 g/mol. The van der Waals surface area contributed by atoms with Gasteiger partial charge < -0.3 is 24.8 Å². The van der Waals surface area contributed by atoms with Gasteiger partial charge in [-0.05, 0) is 55.6 Å². The SMILES string of the molecule is CNCc1cc(F)c(-c2cc3c(-c4ccc5c(c4)OCC4CN(C)CCN54)c[nH]c3cn2)c(F)c1. The molecule has 35 heavy (non-hydrogen) atoms. The highest BCUT2D eigenvalue weighted by molar-refractivity contribution is 5.97. The fourth-order valence-corrected chi connectivity index (χ4v) is 5.26. The summed E-state index contributed by atoms with van der Waals surface area (Å²) in [5, 5.41) is 3.76. The number of likely N-dealkylation sites (N-methyl/N-ethyl adjacent to an activating group) is 1. The van der Waals surface area contributed by atoms with E-state index in [2.05, 4.69) is 50.3 Å².